The summed E-state index contributed by atoms with van der Waals surface area (Å²) in [5.41, 5.74) is 5.18. The molecule has 34 heavy (non-hydrogen) atoms. The predicted molar refractivity (Wildman–Crippen MR) is 174 cm³/mol. The summed E-state index contributed by atoms with van der Waals surface area (Å²) in [4.78, 5) is 0. The second-order valence-electron chi connectivity index (χ2n) is 9.23. The van der Waals surface area contributed by atoms with E-state index in [4.69, 9.17) is 12.6 Å². The van der Waals surface area contributed by atoms with E-state index in [1.54, 1.807) is 0 Å². The van der Waals surface area contributed by atoms with Gasteiger partial charge in [-0.15, -0.1) is 55.4 Å². The van der Waals surface area contributed by atoms with E-state index < -0.39 is 0 Å². The number of hydrogen-bond donors (Lipinski definition) is 0. The average Bonchev–Trinajstić information content (AvgIpc) is 2.79. The summed E-state index contributed by atoms with van der Waals surface area (Å²) in [6.07, 6.45) is 5.52. The topological polar surface area (TPSA) is 9.23 Å². The van der Waals surface area contributed by atoms with Crippen molar-refractivity contribution in [2.45, 2.75) is 43.8 Å². The molecule has 2 radical (unpaired) electrons. The minimum absolute atomic E-state index is 0.384. The Balaban J connectivity index is 1.47. The van der Waals surface area contributed by atoms with Gasteiger partial charge in [0.15, 0.2) is 0 Å². The highest BCUT2D eigenvalue weighted by atomic mass is 31.0. The summed E-state index contributed by atoms with van der Waals surface area (Å²) in [7, 11) is 23.2. The lowest BCUT2D eigenvalue weighted by molar-refractivity contribution is 0.327. The molecule has 1 nitrogen and oxygen atoms in total. The molecule has 0 amide bonds. The van der Waals surface area contributed by atoms with Crippen LogP contribution in [0.5, 0.6) is 5.75 Å². The van der Waals surface area contributed by atoms with Crippen molar-refractivity contribution in [2.75, 3.05) is 6.61 Å². The molecular formula is C26H33BOP6. The lowest BCUT2D eigenvalue weighted by Crippen LogP contribution is -2.25. The van der Waals surface area contributed by atoms with Gasteiger partial charge < -0.3 is 4.74 Å². The highest BCUT2D eigenvalue weighted by Gasteiger charge is 2.20. The molecule has 0 spiro atoms. The number of benzene rings is 3. The molecule has 6 unspecified atom stereocenters. The first kappa shape index (κ1) is 27.1. The lowest BCUT2D eigenvalue weighted by Gasteiger charge is -2.27. The zero-order valence-electron chi connectivity index (χ0n) is 19.4. The van der Waals surface area contributed by atoms with Gasteiger partial charge in [-0.1, -0.05) is 49.0 Å². The van der Waals surface area contributed by atoms with Crippen molar-refractivity contribution in [3.05, 3.63) is 53.6 Å². The average molecular weight is 558 g/mol. The van der Waals surface area contributed by atoms with Gasteiger partial charge in [0.25, 0.3) is 0 Å². The third-order valence-electron chi connectivity index (χ3n) is 6.72. The molecule has 176 valence electrons. The maximum absolute atomic E-state index is 6.23. The van der Waals surface area contributed by atoms with E-state index in [-0.39, 0.29) is 0 Å². The fraction of sp³-hybridized carbons (Fsp3) is 0.308. The zero-order chi connectivity index (χ0) is 24.4. The Hall–Kier alpha value is 0.105. The van der Waals surface area contributed by atoms with E-state index in [9.17, 15) is 0 Å². The molecule has 0 heterocycles. The second kappa shape index (κ2) is 12.1. The van der Waals surface area contributed by atoms with Gasteiger partial charge in [-0.3, -0.25) is 0 Å². The first-order valence-electron chi connectivity index (χ1n) is 11.6. The van der Waals surface area contributed by atoms with E-state index in [0.717, 1.165) is 35.6 Å². The van der Waals surface area contributed by atoms with Crippen molar-refractivity contribution in [3.63, 3.8) is 0 Å². The van der Waals surface area contributed by atoms with Gasteiger partial charge >= 0.3 is 0 Å². The van der Waals surface area contributed by atoms with Gasteiger partial charge in [0.2, 0.25) is 0 Å². The third kappa shape index (κ3) is 6.50. The minimum atomic E-state index is 0.384. The molecule has 1 saturated carbocycles. The van der Waals surface area contributed by atoms with Crippen molar-refractivity contribution < 1.29 is 4.74 Å². The van der Waals surface area contributed by atoms with Gasteiger partial charge in [-0.2, -0.15) is 0 Å². The summed E-state index contributed by atoms with van der Waals surface area (Å²) in [5, 5.41) is 7.04. The Kier molecular flexibility index (Phi) is 9.66. The highest BCUT2D eigenvalue weighted by Crippen LogP contribution is 2.37. The molecule has 3 aromatic rings. The van der Waals surface area contributed by atoms with Crippen molar-refractivity contribution in [2.24, 2.45) is 0 Å². The van der Waals surface area contributed by atoms with E-state index in [2.05, 4.69) is 97.9 Å². The third-order valence-corrected chi connectivity index (χ3v) is 10.3. The quantitative estimate of drug-likeness (QED) is 0.332. The van der Waals surface area contributed by atoms with Crippen LogP contribution in [0.2, 0.25) is 5.82 Å². The molecule has 4 rings (SSSR count). The summed E-state index contributed by atoms with van der Waals surface area (Å²) < 4.78 is 6.23. The molecule has 6 atom stereocenters. The van der Waals surface area contributed by atoms with Gasteiger partial charge in [0, 0.05) is 17.0 Å². The maximum Gasteiger partial charge on any atom is 0.133 e. The zero-order valence-corrected chi connectivity index (χ0v) is 26.3. The molecule has 0 bridgehead atoms. The molecule has 0 aromatic heterocycles. The van der Waals surface area contributed by atoms with Crippen LogP contribution < -0.4 is 36.6 Å². The lowest BCUT2D eigenvalue weighted by atomic mass is 9.70. The van der Waals surface area contributed by atoms with Crippen LogP contribution in [0.15, 0.2) is 42.5 Å². The summed E-state index contributed by atoms with van der Waals surface area (Å²) in [6.45, 7) is 0.640. The van der Waals surface area contributed by atoms with Gasteiger partial charge in [-0.25, -0.2) is 0 Å². The molecule has 3 aromatic carbocycles. The van der Waals surface area contributed by atoms with Crippen LogP contribution in [0.3, 0.4) is 0 Å². The first-order chi connectivity index (χ1) is 16.2. The highest BCUT2D eigenvalue weighted by molar-refractivity contribution is 7.40. The molecule has 1 fully saturated rings. The monoisotopic (exact) mass is 558 g/mol. The van der Waals surface area contributed by atoms with Crippen LogP contribution >= 0.6 is 55.4 Å². The molecular weight excluding hydrogens is 525 g/mol. The predicted octanol–water partition coefficient (Wildman–Crippen LogP) is 3.59. The van der Waals surface area contributed by atoms with E-state index >= 15 is 0 Å². The molecule has 0 N–H and O–H groups in total. The van der Waals surface area contributed by atoms with Crippen LogP contribution in [0.25, 0.3) is 11.1 Å². The Morgan fingerprint density at radius 1 is 0.735 bits per heavy atom. The summed E-state index contributed by atoms with van der Waals surface area (Å²) in [6, 6.07) is 15.8. The molecule has 0 aliphatic heterocycles. The SMILES string of the molecule is [B]C1CCC(c2ccc(-c3cc(P)c(OCCc4cc(P)c(P)c(P)c4)c(P)c3)c(P)c2)CC1. The summed E-state index contributed by atoms with van der Waals surface area (Å²) in [5.74, 6) is 1.95. The summed E-state index contributed by atoms with van der Waals surface area (Å²) >= 11 is 0. The van der Waals surface area contributed by atoms with Crippen molar-refractivity contribution in [1.82, 2.24) is 0 Å². The normalized spacial score (nSPS) is 18.2. The van der Waals surface area contributed by atoms with Crippen LogP contribution in [-0.4, -0.2) is 14.5 Å². The largest absolute Gasteiger partial charge is 0.492 e. The number of rotatable bonds is 6. The van der Waals surface area contributed by atoms with E-state index in [0.29, 0.717) is 18.3 Å². The van der Waals surface area contributed by atoms with Crippen LogP contribution in [0, 0.1) is 0 Å². The van der Waals surface area contributed by atoms with Gasteiger partial charge in [0.1, 0.15) is 5.75 Å². The molecule has 8 heteroatoms. The minimum Gasteiger partial charge on any atom is -0.492 e. The maximum atomic E-state index is 6.23. The van der Waals surface area contributed by atoms with Crippen LogP contribution in [0.4, 0.5) is 0 Å². The molecule has 1 aliphatic rings. The molecule has 1 aliphatic carbocycles. The Morgan fingerprint density at radius 3 is 1.94 bits per heavy atom. The molecule has 0 saturated heterocycles. The number of hydrogen-bond acceptors (Lipinski definition) is 1. The van der Waals surface area contributed by atoms with Gasteiger partial charge in [0.05, 0.1) is 14.5 Å². The smallest absolute Gasteiger partial charge is 0.133 e. The Morgan fingerprint density at radius 2 is 1.35 bits per heavy atom. The van der Waals surface area contributed by atoms with Crippen molar-refractivity contribution >= 4 is 95.1 Å². The second-order valence-corrected chi connectivity index (χ2v) is 12.9. The van der Waals surface area contributed by atoms with E-state index in [1.807, 2.05) is 0 Å². The number of ether oxygens (including phenoxy) is 1. The van der Waals surface area contributed by atoms with Crippen molar-refractivity contribution in [1.29, 1.82) is 0 Å². The van der Waals surface area contributed by atoms with Crippen LogP contribution in [0.1, 0.15) is 42.7 Å². The van der Waals surface area contributed by atoms with Gasteiger partial charge in [-0.05, 0) is 74.4 Å². The first-order valence-corrected chi connectivity index (χ1v) is 15.1. The standard InChI is InChI=1S/C26H33BOP6/c27-18-4-1-15(2-5-18)16-3-6-19(20(29)11-16)17-12-21(30)25(22(31)13-17)28-8-7-14-9-23(32)26(34)24(33)10-14/h3,6,9-13,15,18H,1-2,4-5,7-8,29-34H2. The Labute approximate surface area is 220 Å². The fourth-order valence-corrected chi connectivity index (χ4v) is 7.30. The fourth-order valence-electron chi connectivity index (χ4n) is 4.73. The van der Waals surface area contributed by atoms with Crippen LogP contribution in [-0.2, 0) is 6.42 Å². The van der Waals surface area contributed by atoms with Crippen molar-refractivity contribution in [3.8, 4) is 16.9 Å². The van der Waals surface area contributed by atoms with E-state index in [1.165, 1.54) is 56.3 Å². The Bertz CT molecular complexity index is 1140.